The fourth-order valence-electron chi connectivity index (χ4n) is 3.06. The monoisotopic (exact) mass is 300 g/mol. The maximum atomic E-state index is 12.3. The minimum atomic E-state index is -0.820. The van der Waals surface area contributed by atoms with Crippen molar-refractivity contribution >= 4 is 22.8 Å². The lowest BCUT2D eigenvalue weighted by molar-refractivity contribution is -0.147. The summed E-state index contributed by atoms with van der Waals surface area (Å²) in [4.78, 5) is 25.2. The number of rotatable bonds is 4. The molecule has 1 N–H and O–H groups in total. The van der Waals surface area contributed by atoms with Gasteiger partial charge in [0.1, 0.15) is 0 Å². The summed E-state index contributed by atoms with van der Waals surface area (Å²) >= 11 is 0. The van der Waals surface area contributed by atoms with Gasteiger partial charge in [-0.25, -0.2) is 0 Å². The third kappa shape index (κ3) is 2.58. The molecule has 1 aliphatic rings. The number of carbonyl (C=O) groups is 2. The topological polar surface area (TPSA) is 62.5 Å². The molecule has 1 fully saturated rings. The van der Waals surface area contributed by atoms with Gasteiger partial charge in [-0.1, -0.05) is 18.2 Å². The van der Waals surface area contributed by atoms with Crippen molar-refractivity contribution in [3.8, 4) is 0 Å². The number of fused-ring (bicyclic) bond motifs is 1. The van der Waals surface area contributed by atoms with Crippen molar-refractivity contribution in [2.24, 2.45) is 5.41 Å². The van der Waals surface area contributed by atoms with E-state index in [1.807, 2.05) is 36.5 Å². The largest absolute Gasteiger partial charge is 0.481 e. The van der Waals surface area contributed by atoms with Gasteiger partial charge in [-0.2, -0.15) is 0 Å². The number of aromatic nitrogens is 1. The van der Waals surface area contributed by atoms with Crippen LogP contribution in [-0.4, -0.2) is 39.5 Å². The van der Waals surface area contributed by atoms with E-state index >= 15 is 0 Å². The van der Waals surface area contributed by atoms with Crippen LogP contribution in [0, 0.1) is 5.41 Å². The van der Waals surface area contributed by atoms with Crippen molar-refractivity contribution in [2.45, 2.75) is 26.3 Å². The molecule has 1 aromatic carbocycles. The molecule has 0 bridgehead atoms. The quantitative estimate of drug-likeness (QED) is 0.943. The highest BCUT2D eigenvalue weighted by Crippen LogP contribution is 2.30. The lowest BCUT2D eigenvalue weighted by Gasteiger charge is -2.20. The highest BCUT2D eigenvalue weighted by atomic mass is 16.4. The number of hydrogen-bond acceptors (Lipinski definition) is 2. The van der Waals surface area contributed by atoms with Crippen molar-refractivity contribution in [1.82, 2.24) is 9.47 Å². The van der Waals surface area contributed by atoms with E-state index in [4.69, 9.17) is 0 Å². The molecule has 22 heavy (non-hydrogen) atoms. The molecule has 0 unspecified atom stereocenters. The number of benzene rings is 1. The zero-order valence-electron chi connectivity index (χ0n) is 12.7. The molecule has 1 atom stereocenters. The second kappa shape index (κ2) is 5.48. The molecule has 1 amide bonds. The predicted octanol–water partition coefficient (Wildman–Crippen LogP) is 2.35. The second-order valence-electron chi connectivity index (χ2n) is 6.25. The van der Waals surface area contributed by atoms with Crippen molar-refractivity contribution in [1.29, 1.82) is 0 Å². The first-order valence-corrected chi connectivity index (χ1v) is 7.55. The van der Waals surface area contributed by atoms with E-state index in [0.29, 0.717) is 32.5 Å². The Bertz CT molecular complexity index is 722. The first-order valence-electron chi connectivity index (χ1n) is 7.55. The number of likely N-dealkylation sites (tertiary alicyclic amines) is 1. The molecule has 0 saturated carbocycles. The number of nitrogens with zero attached hydrogens (tertiary/aromatic N) is 2. The second-order valence-corrected chi connectivity index (χ2v) is 6.25. The number of carboxylic acids is 1. The summed E-state index contributed by atoms with van der Waals surface area (Å²) in [5.74, 6) is -0.790. The van der Waals surface area contributed by atoms with E-state index in [2.05, 4.69) is 4.57 Å². The molecule has 2 heterocycles. The number of hydrogen-bond donors (Lipinski definition) is 1. The van der Waals surface area contributed by atoms with Crippen molar-refractivity contribution < 1.29 is 14.7 Å². The third-order valence-electron chi connectivity index (χ3n) is 4.59. The van der Waals surface area contributed by atoms with Gasteiger partial charge >= 0.3 is 5.97 Å². The van der Waals surface area contributed by atoms with Gasteiger partial charge in [0.15, 0.2) is 0 Å². The Balaban J connectivity index is 1.63. The Labute approximate surface area is 129 Å². The summed E-state index contributed by atoms with van der Waals surface area (Å²) in [5, 5.41) is 10.4. The van der Waals surface area contributed by atoms with Crippen LogP contribution in [-0.2, 0) is 16.1 Å². The van der Waals surface area contributed by atoms with Crippen molar-refractivity contribution in [3.05, 3.63) is 36.5 Å². The molecule has 2 aromatic rings. The van der Waals surface area contributed by atoms with Gasteiger partial charge in [0.05, 0.1) is 5.41 Å². The van der Waals surface area contributed by atoms with Crippen LogP contribution in [0.25, 0.3) is 10.9 Å². The Morgan fingerprint density at radius 2 is 2.05 bits per heavy atom. The van der Waals surface area contributed by atoms with Gasteiger partial charge < -0.3 is 14.6 Å². The Morgan fingerprint density at radius 1 is 1.27 bits per heavy atom. The summed E-state index contributed by atoms with van der Waals surface area (Å²) in [5.41, 5.74) is 0.322. The lowest BCUT2D eigenvalue weighted by Crippen LogP contribution is -2.35. The molecule has 3 rings (SSSR count). The highest BCUT2D eigenvalue weighted by molar-refractivity contribution is 5.82. The molecule has 0 radical (unpaired) electrons. The summed E-state index contributed by atoms with van der Waals surface area (Å²) < 4.78 is 2.07. The smallest absolute Gasteiger partial charge is 0.311 e. The molecule has 5 nitrogen and oxygen atoms in total. The van der Waals surface area contributed by atoms with E-state index in [0.717, 1.165) is 10.9 Å². The van der Waals surface area contributed by atoms with Gasteiger partial charge in [-0.3, -0.25) is 9.59 Å². The number of aliphatic carboxylic acids is 1. The van der Waals surface area contributed by atoms with Gasteiger partial charge in [-0.15, -0.1) is 0 Å². The Morgan fingerprint density at radius 3 is 2.77 bits per heavy atom. The molecule has 1 aliphatic heterocycles. The van der Waals surface area contributed by atoms with E-state index in [-0.39, 0.29) is 5.91 Å². The Kier molecular flexibility index (Phi) is 3.64. The fraction of sp³-hybridized carbons (Fsp3) is 0.412. The summed E-state index contributed by atoms with van der Waals surface area (Å²) in [6.07, 6.45) is 2.91. The van der Waals surface area contributed by atoms with E-state index < -0.39 is 11.4 Å². The van der Waals surface area contributed by atoms with E-state index in [1.54, 1.807) is 11.8 Å². The normalized spacial score (nSPS) is 21.4. The number of carbonyl (C=O) groups excluding carboxylic acids is 1. The highest BCUT2D eigenvalue weighted by Gasteiger charge is 2.41. The van der Waals surface area contributed by atoms with Crippen LogP contribution in [0.3, 0.4) is 0 Å². The molecular formula is C17H20N2O3. The summed E-state index contributed by atoms with van der Waals surface area (Å²) in [6.45, 7) is 3.18. The van der Waals surface area contributed by atoms with Crippen LogP contribution in [0.2, 0.25) is 0 Å². The standard InChI is InChI=1S/C17H20N2O3/c1-17(16(21)22)8-11-19(12-17)15(20)7-10-18-9-6-13-4-2-3-5-14(13)18/h2-6,9H,7-8,10-12H2,1H3,(H,21,22)/t17-/m0/s1. The van der Waals surface area contributed by atoms with Crippen LogP contribution in [0.4, 0.5) is 0 Å². The minimum Gasteiger partial charge on any atom is -0.481 e. The lowest BCUT2D eigenvalue weighted by atomic mass is 9.90. The van der Waals surface area contributed by atoms with Crippen LogP contribution in [0.1, 0.15) is 19.8 Å². The maximum Gasteiger partial charge on any atom is 0.311 e. The van der Waals surface area contributed by atoms with Crippen molar-refractivity contribution in [3.63, 3.8) is 0 Å². The average molecular weight is 300 g/mol. The first-order chi connectivity index (χ1) is 10.5. The third-order valence-corrected chi connectivity index (χ3v) is 4.59. The molecule has 5 heteroatoms. The molecule has 0 aliphatic carbocycles. The van der Waals surface area contributed by atoms with Crippen LogP contribution in [0.15, 0.2) is 36.5 Å². The van der Waals surface area contributed by atoms with E-state index in [9.17, 15) is 14.7 Å². The number of carboxylic acid groups (broad SMARTS) is 1. The minimum absolute atomic E-state index is 0.0303. The molecule has 0 spiro atoms. The van der Waals surface area contributed by atoms with Gasteiger partial charge in [-0.05, 0) is 30.9 Å². The van der Waals surface area contributed by atoms with Crippen LogP contribution >= 0.6 is 0 Å². The number of para-hydroxylation sites is 1. The SMILES string of the molecule is C[C@]1(C(=O)O)CCN(C(=O)CCn2ccc3ccccc32)C1. The molecule has 1 saturated heterocycles. The van der Waals surface area contributed by atoms with Gasteiger partial charge in [0.2, 0.25) is 5.91 Å². The summed E-state index contributed by atoms with van der Waals surface area (Å²) in [7, 11) is 0. The molecule has 1 aromatic heterocycles. The first kappa shape index (κ1) is 14.6. The van der Waals surface area contributed by atoms with Crippen LogP contribution in [0.5, 0.6) is 0 Å². The van der Waals surface area contributed by atoms with Crippen LogP contribution < -0.4 is 0 Å². The fourth-order valence-corrected chi connectivity index (χ4v) is 3.06. The van der Waals surface area contributed by atoms with E-state index in [1.165, 1.54) is 0 Å². The number of amides is 1. The Hall–Kier alpha value is -2.30. The number of aryl methyl sites for hydroxylation is 1. The van der Waals surface area contributed by atoms with Gasteiger partial charge in [0.25, 0.3) is 0 Å². The zero-order valence-corrected chi connectivity index (χ0v) is 12.7. The van der Waals surface area contributed by atoms with Crippen molar-refractivity contribution in [2.75, 3.05) is 13.1 Å². The van der Waals surface area contributed by atoms with Gasteiger partial charge in [0, 0.05) is 37.8 Å². The molecular weight excluding hydrogens is 280 g/mol. The predicted molar refractivity (Wildman–Crippen MR) is 83.5 cm³/mol. The molecule has 116 valence electrons. The zero-order chi connectivity index (χ0) is 15.7. The maximum absolute atomic E-state index is 12.3. The summed E-state index contributed by atoms with van der Waals surface area (Å²) in [6, 6.07) is 10.1. The average Bonchev–Trinajstić information content (AvgIpc) is 3.10.